The molecular weight excluding hydrogens is 324 g/mol. The summed E-state index contributed by atoms with van der Waals surface area (Å²) in [7, 11) is 0. The number of ether oxygens (including phenoxy) is 5. The third-order valence-corrected chi connectivity index (χ3v) is 3.85. The van der Waals surface area contributed by atoms with Crippen molar-refractivity contribution < 1.29 is 28.5 Å². The van der Waals surface area contributed by atoms with Crippen molar-refractivity contribution in [2.45, 2.75) is 50.3 Å². The van der Waals surface area contributed by atoms with Crippen LogP contribution in [-0.4, -0.2) is 62.9 Å². The van der Waals surface area contributed by atoms with Gasteiger partial charge in [0.05, 0.1) is 32.0 Å². The molecule has 3 heterocycles. The SMILES string of the molecule is C=C(C)C(=O)OCC1CO1.C=CCC(OC(CC=C)C1CO1)C1CO1. The van der Waals surface area contributed by atoms with Gasteiger partial charge in [-0.2, -0.15) is 0 Å². The Bertz CT molecular complexity index is 452. The number of hydrogen-bond acceptors (Lipinski definition) is 6. The zero-order chi connectivity index (χ0) is 18.2. The molecule has 0 amide bonds. The first-order valence-corrected chi connectivity index (χ1v) is 8.59. The van der Waals surface area contributed by atoms with Gasteiger partial charge in [0.2, 0.25) is 0 Å². The van der Waals surface area contributed by atoms with Gasteiger partial charge in [-0.3, -0.25) is 0 Å². The molecule has 5 atom stereocenters. The monoisotopic (exact) mass is 352 g/mol. The van der Waals surface area contributed by atoms with E-state index in [1.807, 2.05) is 12.2 Å². The van der Waals surface area contributed by atoms with Gasteiger partial charge < -0.3 is 23.7 Å². The standard InChI is InChI=1S/C12H18O3.C7H10O3/c1-3-5-9(11-7-13-11)15-10(6-4-2)12-8-14-12;1-5(2)7(8)10-4-6-3-9-6/h3-4,9-12H,1-2,5-8H2;6H,1,3-4H2,2H3. The van der Waals surface area contributed by atoms with Crippen molar-refractivity contribution in [3.8, 4) is 0 Å². The first kappa shape index (κ1) is 19.8. The van der Waals surface area contributed by atoms with Crippen molar-refractivity contribution >= 4 is 5.97 Å². The van der Waals surface area contributed by atoms with E-state index in [9.17, 15) is 4.79 Å². The Morgan fingerprint density at radius 3 is 1.88 bits per heavy atom. The molecule has 0 aromatic heterocycles. The Kier molecular flexibility index (Phi) is 7.84. The van der Waals surface area contributed by atoms with Crippen LogP contribution >= 0.6 is 0 Å². The maximum absolute atomic E-state index is 10.7. The first-order valence-electron chi connectivity index (χ1n) is 8.59. The van der Waals surface area contributed by atoms with E-state index in [-0.39, 0.29) is 36.5 Å². The second kappa shape index (κ2) is 9.87. The Balaban J connectivity index is 0.000000196. The molecule has 3 rings (SSSR count). The van der Waals surface area contributed by atoms with Crippen molar-refractivity contribution in [2.24, 2.45) is 0 Å². The minimum Gasteiger partial charge on any atom is -0.459 e. The number of hydrogen-bond donors (Lipinski definition) is 0. The summed E-state index contributed by atoms with van der Waals surface area (Å²) < 4.78 is 26.1. The summed E-state index contributed by atoms with van der Waals surface area (Å²) in [5.41, 5.74) is 0.431. The summed E-state index contributed by atoms with van der Waals surface area (Å²) >= 11 is 0. The van der Waals surface area contributed by atoms with Crippen molar-refractivity contribution in [1.82, 2.24) is 0 Å². The fourth-order valence-electron chi connectivity index (χ4n) is 2.14. The molecule has 6 nitrogen and oxygen atoms in total. The van der Waals surface area contributed by atoms with Gasteiger partial charge in [-0.1, -0.05) is 18.7 Å². The molecule has 3 saturated heterocycles. The number of carbonyl (C=O) groups is 1. The van der Waals surface area contributed by atoms with Crippen LogP contribution in [0.25, 0.3) is 0 Å². The largest absolute Gasteiger partial charge is 0.459 e. The molecule has 0 aromatic carbocycles. The smallest absolute Gasteiger partial charge is 0.333 e. The second-order valence-corrected chi connectivity index (χ2v) is 6.34. The van der Waals surface area contributed by atoms with Crippen LogP contribution < -0.4 is 0 Å². The summed E-state index contributed by atoms with van der Waals surface area (Å²) in [5.74, 6) is -0.337. The van der Waals surface area contributed by atoms with Crippen molar-refractivity contribution in [1.29, 1.82) is 0 Å². The average molecular weight is 352 g/mol. The van der Waals surface area contributed by atoms with E-state index in [2.05, 4.69) is 19.7 Å². The van der Waals surface area contributed by atoms with E-state index in [0.29, 0.717) is 18.8 Å². The van der Waals surface area contributed by atoms with Gasteiger partial charge in [-0.25, -0.2) is 4.79 Å². The number of carbonyl (C=O) groups excluding carboxylic acids is 1. The van der Waals surface area contributed by atoms with E-state index in [4.69, 9.17) is 23.7 Å². The molecule has 5 unspecified atom stereocenters. The highest BCUT2D eigenvalue weighted by Gasteiger charge is 2.39. The van der Waals surface area contributed by atoms with E-state index in [0.717, 1.165) is 26.1 Å². The first-order chi connectivity index (χ1) is 12.0. The maximum Gasteiger partial charge on any atom is 0.333 e. The van der Waals surface area contributed by atoms with E-state index in [1.54, 1.807) is 6.92 Å². The molecule has 3 aliphatic heterocycles. The van der Waals surface area contributed by atoms with Crippen LogP contribution in [0.5, 0.6) is 0 Å². The minimum absolute atomic E-state index is 0.136. The topological polar surface area (TPSA) is 73.1 Å². The number of epoxide rings is 3. The highest BCUT2D eigenvalue weighted by Crippen LogP contribution is 2.27. The fourth-order valence-corrected chi connectivity index (χ4v) is 2.14. The third kappa shape index (κ3) is 7.96. The van der Waals surface area contributed by atoms with E-state index >= 15 is 0 Å². The molecule has 25 heavy (non-hydrogen) atoms. The lowest BCUT2D eigenvalue weighted by Crippen LogP contribution is -2.29. The lowest BCUT2D eigenvalue weighted by atomic mass is 10.1. The summed E-state index contributed by atoms with van der Waals surface area (Å²) in [6.07, 6.45) is 6.37. The van der Waals surface area contributed by atoms with Crippen LogP contribution in [0.2, 0.25) is 0 Å². The third-order valence-electron chi connectivity index (χ3n) is 3.85. The Morgan fingerprint density at radius 2 is 1.56 bits per heavy atom. The average Bonchev–Trinajstić information content (AvgIpc) is 3.44. The van der Waals surface area contributed by atoms with Gasteiger partial charge in [0.25, 0.3) is 0 Å². The van der Waals surface area contributed by atoms with Gasteiger partial charge in [-0.05, 0) is 19.8 Å². The molecule has 0 bridgehead atoms. The normalized spacial score (nSPS) is 27.8. The highest BCUT2D eigenvalue weighted by molar-refractivity contribution is 5.86. The molecule has 6 heteroatoms. The summed E-state index contributed by atoms with van der Waals surface area (Å²) in [6, 6.07) is 0. The van der Waals surface area contributed by atoms with Crippen LogP contribution in [0.1, 0.15) is 19.8 Å². The van der Waals surface area contributed by atoms with Gasteiger partial charge in [0.15, 0.2) is 0 Å². The summed E-state index contributed by atoms with van der Waals surface area (Å²) in [6.45, 7) is 15.2. The van der Waals surface area contributed by atoms with Gasteiger partial charge in [-0.15, -0.1) is 13.2 Å². The highest BCUT2D eigenvalue weighted by atomic mass is 16.6. The lowest BCUT2D eigenvalue weighted by molar-refractivity contribution is -0.139. The fraction of sp³-hybridized carbons (Fsp3) is 0.632. The van der Waals surface area contributed by atoms with Crippen LogP contribution in [0.3, 0.4) is 0 Å². The molecule has 0 spiro atoms. The van der Waals surface area contributed by atoms with Crippen molar-refractivity contribution in [3.63, 3.8) is 0 Å². The van der Waals surface area contributed by atoms with Crippen LogP contribution in [0, 0.1) is 0 Å². The zero-order valence-electron chi connectivity index (χ0n) is 14.9. The van der Waals surface area contributed by atoms with E-state index < -0.39 is 0 Å². The molecule has 0 radical (unpaired) electrons. The van der Waals surface area contributed by atoms with Crippen LogP contribution in [0.15, 0.2) is 37.5 Å². The lowest BCUT2D eigenvalue weighted by Gasteiger charge is -2.20. The van der Waals surface area contributed by atoms with Gasteiger partial charge in [0.1, 0.15) is 24.9 Å². The van der Waals surface area contributed by atoms with Gasteiger partial charge >= 0.3 is 5.97 Å². The molecular formula is C19H28O6. The van der Waals surface area contributed by atoms with E-state index in [1.165, 1.54) is 0 Å². The molecule has 140 valence electrons. The zero-order valence-corrected chi connectivity index (χ0v) is 14.9. The number of esters is 1. The summed E-state index contributed by atoms with van der Waals surface area (Å²) in [5, 5.41) is 0. The Labute approximate surface area is 149 Å². The molecule has 3 fully saturated rings. The Hall–Kier alpha value is -1.47. The molecule has 0 N–H and O–H groups in total. The van der Waals surface area contributed by atoms with Crippen molar-refractivity contribution in [3.05, 3.63) is 37.5 Å². The maximum atomic E-state index is 10.7. The predicted octanol–water partition coefficient (Wildman–Crippen LogP) is 2.19. The quantitative estimate of drug-likeness (QED) is 0.246. The van der Waals surface area contributed by atoms with Crippen LogP contribution in [0.4, 0.5) is 0 Å². The van der Waals surface area contributed by atoms with Gasteiger partial charge in [0, 0.05) is 5.57 Å². The molecule has 0 aromatic rings. The second-order valence-electron chi connectivity index (χ2n) is 6.34. The molecule has 0 aliphatic carbocycles. The Morgan fingerprint density at radius 1 is 1.08 bits per heavy atom. The predicted molar refractivity (Wildman–Crippen MR) is 93.3 cm³/mol. The van der Waals surface area contributed by atoms with Crippen molar-refractivity contribution in [2.75, 3.05) is 26.4 Å². The summed E-state index contributed by atoms with van der Waals surface area (Å²) in [4.78, 5) is 10.7. The number of rotatable bonds is 11. The van der Waals surface area contributed by atoms with Crippen LogP contribution in [-0.2, 0) is 28.5 Å². The minimum atomic E-state index is -0.337. The molecule has 3 aliphatic rings. The molecule has 0 saturated carbocycles.